The number of aromatic nitrogens is 2. The third kappa shape index (κ3) is 3.33. The highest BCUT2D eigenvalue weighted by molar-refractivity contribution is 5.78. The van der Waals surface area contributed by atoms with Crippen LogP contribution in [0.5, 0.6) is 0 Å². The number of amides is 1. The molecule has 0 saturated carbocycles. The Bertz CT molecular complexity index is 591. The third-order valence-corrected chi connectivity index (χ3v) is 3.86. The molecule has 0 unspecified atom stereocenters. The third-order valence-electron chi connectivity index (χ3n) is 3.86. The van der Waals surface area contributed by atoms with Crippen LogP contribution in [0.3, 0.4) is 0 Å². The van der Waals surface area contributed by atoms with Crippen LogP contribution in [0.1, 0.15) is 30.2 Å². The van der Waals surface area contributed by atoms with Gasteiger partial charge in [0.2, 0.25) is 5.91 Å². The van der Waals surface area contributed by atoms with Crippen LogP contribution in [0.25, 0.3) is 0 Å². The first-order valence-electron chi connectivity index (χ1n) is 7.24. The van der Waals surface area contributed by atoms with Crippen LogP contribution in [-0.4, -0.2) is 33.7 Å². The molecule has 1 amide bonds. The first-order chi connectivity index (χ1) is 10.2. The number of hydrogen-bond donors (Lipinski definition) is 1. The summed E-state index contributed by atoms with van der Waals surface area (Å²) in [6.45, 7) is 1.81. The van der Waals surface area contributed by atoms with Crippen molar-refractivity contribution in [2.45, 2.75) is 25.4 Å². The maximum atomic E-state index is 12.1. The van der Waals surface area contributed by atoms with Crippen molar-refractivity contribution < 1.29 is 9.21 Å². The summed E-state index contributed by atoms with van der Waals surface area (Å²) >= 11 is 0. The minimum atomic E-state index is 0.0298. The monoisotopic (exact) mass is 288 g/mol. The number of carbonyl (C=O) groups is 1. The number of carbonyl (C=O) groups excluding carboxylic acids is 1. The number of likely N-dealkylation sites (tertiary alicyclic amines) is 1. The van der Waals surface area contributed by atoms with Gasteiger partial charge in [0.1, 0.15) is 5.76 Å². The van der Waals surface area contributed by atoms with E-state index in [-0.39, 0.29) is 5.91 Å². The molecule has 1 aliphatic heterocycles. The summed E-state index contributed by atoms with van der Waals surface area (Å²) in [7, 11) is 1.92. The van der Waals surface area contributed by atoms with E-state index >= 15 is 0 Å². The molecule has 3 heterocycles. The van der Waals surface area contributed by atoms with Crippen molar-refractivity contribution in [3.63, 3.8) is 0 Å². The summed E-state index contributed by atoms with van der Waals surface area (Å²) in [5.74, 6) is 0.802. The Morgan fingerprint density at radius 1 is 1.57 bits per heavy atom. The lowest BCUT2D eigenvalue weighted by molar-refractivity contribution is -0.122. The molecule has 6 nitrogen and oxygen atoms in total. The van der Waals surface area contributed by atoms with E-state index < -0.39 is 0 Å². The molecule has 0 radical (unpaired) electrons. The molecule has 2 aromatic heterocycles. The Kier molecular flexibility index (Phi) is 4.06. The standard InChI is InChI=1S/C15H20N4O2/c1-18-10-12(8-17-18)14-5-2-6-19(14)11-15(20)16-9-13-4-3-7-21-13/h3-4,7-8,10,14H,2,5-6,9,11H2,1H3,(H,16,20)/t14-/m1/s1. The first kappa shape index (κ1) is 13.9. The zero-order valence-electron chi connectivity index (χ0n) is 12.2. The average Bonchev–Trinajstić information content (AvgIpc) is 3.17. The van der Waals surface area contributed by atoms with Crippen LogP contribution in [0.2, 0.25) is 0 Å². The van der Waals surface area contributed by atoms with Gasteiger partial charge < -0.3 is 9.73 Å². The molecule has 1 N–H and O–H groups in total. The van der Waals surface area contributed by atoms with Gasteiger partial charge in [0, 0.05) is 24.8 Å². The lowest BCUT2D eigenvalue weighted by Crippen LogP contribution is -2.36. The number of furan rings is 1. The smallest absolute Gasteiger partial charge is 0.234 e. The number of nitrogens with zero attached hydrogens (tertiary/aromatic N) is 3. The van der Waals surface area contributed by atoms with Crippen molar-refractivity contribution in [3.8, 4) is 0 Å². The van der Waals surface area contributed by atoms with Gasteiger partial charge in [-0.3, -0.25) is 14.4 Å². The second kappa shape index (κ2) is 6.13. The van der Waals surface area contributed by atoms with Gasteiger partial charge in [-0.2, -0.15) is 5.10 Å². The largest absolute Gasteiger partial charge is 0.467 e. The first-order valence-corrected chi connectivity index (χ1v) is 7.24. The normalized spacial score (nSPS) is 19.0. The summed E-state index contributed by atoms with van der Waals surface area (Å²) in [6.07, 6.45) is 7.73. The average molecular weight is 288 g/mol. The van der Waals surface area contributed by atoms with Crippen LogP contribution in [0.15, 0.2) is 35.2 Å². The van der Waals surface area contributed by atoms with Gasteiger partial charge >= 0.3 is 0 Å². The highest BCUT2D eigenvalue weighted by Gasteiger charge is 2.28. The summed E-state index contributed by atoms with van der Waals surface area (Å²) in [4.78, 5) is 14.3. The molecule has 21 heavy (non-hydrogen) atoms. The summed E-state index contributed by atoms with van der Waals surface area (Å²) in [6, 6.07) is 3.97. The van der Waals surface area contributed by atoms with E-state index in [9.17, 15) is 4.79 Å². The second-order valence-electron chi connectivity index (χ2n) is 5.43. The van der Waals surface area contributed by atoms with Crippen molar-refractivity contribution in [1.29, 1.82) is 0 Å². The van der Waals surface area contributed by atoms with E-state index in [4.69, 9.17) is 4.42 Å². The summed E-state index contributed by atoms with van der Waals surface area (Å²) in [5, 5.41) is 7.12. The fraction of sp³-hybridized carbons (Fsp3) is 0.467. The molecule has 0 spiro atoms. The Balaban J connectivity index is 1.54. The molecule has 1 fully saturated rings. The molecule has 0 aliphatic carbocycles. The SMILES string of the molecule is Cn1cc([C@H]2CCCN2CC(=O)NCc2ccco2)cn1. The van der Waals surface area contributed by atoms with E-state index in [1.807, 2.05) is 36.3 Å². The van der Waals surface area contributed by atoms with Gasteiger partial charge in [0.25, 0.3) is 0 Å². The predicted molar refractivity (Wildman–Crippen MR) is 77.3 cm³/mol. The molecular weight excluding hydrogens is 268 g/mol. The zero-order valence-corrected chi connectivity index (χ0v) is 12.2. The number of hydrogen-bond acceptors (Lipinski definition) is 4. The maximum absolute atomic E-state index is 12.1. The summed E-state index contributed by atoms with van der Waals surface area (Å²) in [5.41, 5.74) is 1.19. The van der Waals surface area contributed by atoms with Gasteiger partial charge in [-0.15, -0.1) is 0 Å². The second-order valence-corrected chi connectivity index (χ2v) is 5.43. The van der Waals surface area contributed by atoms with Crippen LogP contribution < -0.4 is 5.32 Å². The summed E-state index contributed by atoms with van der Waals surface area (Å²) < 4.78 is 7.02. The van der Waals surface area contributed by atoms with Gasteiger partial charge in [0.15, 0.2) is 0 Å². The Hall–Kier alpha value is -2.08. The van der Waals surface area contributed by atoms with Gasteiger partial charge in [-0.25, -0.2) is 0 Å². The molecule has 0 aromatic carbocycles. The van der Waals surface area contributed by atoms with Gasteiger partial charge in [-0.1, -0.05) is 0 Å². The molecule has 1 atom stereocenters. The number of aryl methyl sites for hydroxylation is 1. The molecule has 3 rings (SSSR count). The van der Waals surface area contributed by atoms with E-state index in [0.717, 1.165) is 25.1 Å². The molecule has 1 aliphatic rings. The Morgan fingerprint density at radius 2 is 2.48 bits per heavy atom. The zero-order chi connectivity index (χ0) is 14.7. The minimum absolute atomic E-state index is 0.0298. The van der Waals surface area contributed by atoms with Crippen LogP contribution in [0.4, 0.5) is 0 Å². The molecule has 6 heteroatoms. The molecular formula is C15H20N4O2. The Morgan fingerprint density at radius 3 is 3.19 bits per heavy atom. The van der Waals surface area contributed by atoms with Gasteiger partial charge in [-0.05, 0) is 31.5 Å². The van der Waals surface area contributed by atoms with E-state index in [1.165, 1.54) is 5.56 Å². The quantitative estimate of drug-likeness (QED) is 0.905. The fourth-order valence-electron chi connectivity index (χ4n) is 2.84. The molecule has 0 bridgehead atoms. The number of nitrogens with one attached hydrogen (secondary N) is 1. The lowest BCUT2D eigenvalue weighted by Gasteiger charge is -2.22. The minimum Gasteiger partial charge on any atom is -0.467 e. The van der Waals surface area contributed by atoms with Crippen LogP contribution >= 0.6 is 0 Å². The van der Waals surface area contributed by atoms with Crippen molar-refractivity contribution in [3.05, 3.63) is 42.1 Å². The van der Waals surface area contributed by atoms with Crippen molar-refractivity contribution in [2.75, 3.05) is 13.1 Å². The highest BCUT2D eigenvalue weighted by Crippen LogP contribution is 2.30. The lowest BCUT2D eigenvalue weighted by atomic mass is 10.1. The fourth-order valence-corrected chi connectivity index (χ4v) is 2.84. The van der Waals surface area contributed by atoms with Crippen LogP contribution in [-0.2, 0) is 18.4 Å². The van der Waals surface area contributed by atoms with E-state index in [2.05, 4.69) is 15.3 Å². The van der Waals surface area contributed by atoms with E-state index in [0.29, 0.717) is 19.1 Å². The Labute approximate surface area is 123 Å². The molecule has 112 valence electrons. The highest BCUT2D eigenvalue weighted by atomic mass is 16.3. The van der Waals surface area contributed by atoms with Crippen molar-refractivity contribution in [2.24, 2.45) is 7.05 Å². The number of rotatable bonds is 5. The topological polar surface area (TPSA) is 63.3 Å². The maximum Gasteiger partial charge on any atom is 0.234 e. The molecule has 2 aromatic rings. The van der Waals surface area contributed by atoms with Crippen molar-refractivity contribution in [1.82, 2.24) is 20.0 Å². The van der Waals surface area contributed by atoms with Crippen LogP contribution in [0, 0.1) is 0 Å². The molecule has 1 saturated heterocycles. The predicted octanol–water partition coefficient (Wildman–Crippen LogP) is 1.47. The van der Waals surface area contributed by atoms with E-state index in [1.54, 1.807) is 6.26 Å². The van der Waals surface area contributed by atoms with Gasteiger partial charge in [0.05, 0.1) is 25.5 Å². The van der Waals surface area contributed by atoms with Crippen molar-refractivity contribution >= 4 is 5.91 Å².